The first kappa shape index (κ1) is 12.7. The van der Waals surface area contributed by atoms with Gasteiger partial charge in [0.05, 0.1) is 13.2 Å². The fraction of sp³-hybridized carbons (Fsp3) is 0.462. The highest BCUT2D eigenvalue weighted by Gasteiger charge is 2.18. The zero-order valence-corrected chi connectivity index (χ0v) is 10.4. The van der Waals surface area contributed by atoms with Crippen molar-refractivity contribution in [1.82, 2.24) is 5.32 Å². The number of carboxylic acid groups (broad SMARTS) is 1. The number of ether oxygens (including phenoxy) is 1. The Morgan fingerprint density at radius 3 is 2.83 bits per heavy atom. The fourth-order valence-electron chi connectivity index (χ4n) is 2.09. The Bertz CT molecular complexity index is 405. The number of carbonyl (C=O) groups is 1. The zero-order chi connectivity index (χ0) is 13.0. The van der Waals surface area contributed by atoms with Crippen molar-refractivity contribution in [2.24, 2.45) is 0 Å². The summed E-state index contributed by atoms with van der Waals surface area (Å²) in [4.78, 5) is 12.7. The number of benzene rings is 1. The third-order valence-electron chi connectivity index (χ3n) is 3.08. The predicted octanol–water partition coefficient (Wildman–Crippen LogP) is 1.68. The number of rotatable bonds is 3. The molecule has 0 saturated carbocycles. The average Bonchev–Trinajstić information content (AvgIpc) is 2.38. The standard InChI is InChI=1S/C13H18N2O3/c1-10-9-18-7-6-15(10)12-4-2-11(3-5-12)8-14-13(16)17/h2-5,10,14H,6-9H2,1H3,(H,16,17). The number of nitrogens with one attached hydrogen (secondary N) is 1. The molecular weight excluding hydrogens is 232 g/mol. The maximum atomic E-state index is 10.4. The molecule has 5 heteroatoms. The maximum absolute atomic E-state index is 10.4. The van der Waals surface area contributed by atoms with E-state index in [9.17, 15) is 4.79 Å². The molecule has 2 N–H and O–H groups in total. The van der Waals surface area contributed by atoms with Gasteiger partial charge < -0.3 is 20.1 Å². The van der Waals surface area contributed by atoms with Gasteiger partial charge in [-0.25, -0.2) is 4.79 Å². The van der Waals surface area contributed by atoms with Crippen LogP contribution in [0.2, 0.25) is 0 Å². The highest BCUT2D eigenvalue weighted by Crippen LogP contribution is 2.20. The lowest BCUT2D eigenvalue weighted by Crippen LogP contribution is -2.43. The Kier molecular flexibility index (Phi) is 4.04. The molecule has 1 amide bonds. The lowest BCUT2D eigenvalue weighted by atomic mass is 10.1. The Hall–Kier alpha value is -1.75. The van der Waals surface area contributed by atoms with E-state index in [0.29, 0.717) is 12.6 Å². The van der Waals surface area contributed by atoms with Crippen molar-refractivity contribution in [1.29, 1.82) is 0 Å². The second-order valence-electron chi connectivity index (χ2n) is 4.44. The highest BCUT2D eigenvalue weighted by atomic mass is 16.5. The first-order valence-corrected chi connectivity index (χ1v) is 6.07. The van der Waals surface area contributed by atoms with Crippen molar-refractivity contribution >= 4 is 11.8 Å². The monoisotopic (exact) mass is 250 g/mol. The van der Waals surface area contributed by atoms with Crippen molar-refractivity contribution in [3.63, 3.8) is 0 Å². The van der Waals surface area contributed by atoms with Gasteiger partial charge in [0.25, 0.3) is 0 Å². The molecule has 1 unspecified atom stereocenters. The topological polar surface area (TPSA) is 61.8 Å². The van der Waals surface area contributed by atoms with Gasteiger partial charge in [0.1, 0.15) is 0 Å². The molecule has 0 radical (unpaired) electrons. The van der Waals surface area contributed by atoms with Crippen LogP contribution in [0, 0.1) is 0 Å². The maximum Gasteiger partial charge on any atom is 0.404 e. The van der Waals surface area contributed by atoms with E-state index >= 15 is 0 Å². The molecule has 1 aromatic carbocycles. The summed E-state index contributed by atoms with van der Waals surface area (Å²) in [6, 6.07) is 8.34. The molecular formula is C13H18N2O3. The van der Waals surface area contributed by atoms with Crippen molar-refractivity contribution in [2.75, 3.05) is 24.7 Å². The van der Waals surface area contributed by atoms with Crippen molar-refractivity contribution < 1.29 is 14.6 Å². The summed E-state index contributed by atoms with van der Waals surface area (Å²) in [6.07, 6.45) is -0.999. The van der Waals surface area contributed by atoms with Gasteiger partial charge in [-0.2, -0.15) is 0 Å². The summed E-state index contributed by atoms with van der Waals surface area (Å²) in [7, 11) is 0. The van der Waals surface area contributed by atoms with Crippen LogP contribution in [0.25, 0.3) is 0 Å². The molecule has 5 nitrogen and oxygen atoms in total. The quantitative estimate of drug-likeness (QED) is 0.856. The number of hydrogen-bond acceptors (Lipinski definition) is 3. The first-order chi connectivity index (χ1) is 8.66. The Balaban J connectivity index is 2.00. The number of amides is 1. The van der Waals surface area contributed by atoms with E-state index in [1.807, 2.05) is 24.3 Å². The van der Waals surface area contributed by atoms with E-state index in [0.717, 1.165) is 31.0 Å². The molecule has 0 aliphatic carbocycles. The fourth-order valence-corrected chi connectivity index (χ4v) is 2.09. The molecule has 18 heavy (non-hydrogen) atoms. The van der Waals surface area contributed by atoms with E-state index in [4.69, 9.17) is 9.84 Å². The first-order valence-electron chi connectivity index (χ1n) is 6.07. The van der Waals surface area contributed by atoms with Crippen LogP contribution >= 0.6 is 0 Å². The lowest BCUT2D eigenvalue weighted by Gasteiger charge is -2.35. The van der Waals surface area contributed by atoms with Crippen molar-refractivity contribution in [2.45, 2.75) is 19.5 Å². The molecule has 0 bridgehead atoms. The third-order valence-corrected chi connectivity index (χ3v) is 3.08. The molecule has 98 valence electrons. The van der Waals surface area contributed by atoms with Crippen LogP contribution in [0.5, 0.6) is 0 Å². The van der Waals surface area contributed by atoms with Crippen LogP contribution in [-0.4, -0.2) is 37.0 Å². The van der Waals surface area contributed by atoms with Gasteiger partial charge in [0, 0.05) is 24.8 Å². The number of anilines is 1. The van der Waals surface area contributed by atoms with Crippen molar-refractivity contribution in [3.8, 4) is 0 Å². The minimum absolute atomic E-state index is 0.342. The smallest absolute Gasteiger partial charge is 0.404 e. The molecule has 0 aromatic heterocycles. The van der Waals surface area contributed by atoms with Crippen LogP contribution < -0.4 is 10.2 Å². The molecule has 0 spiro atoms. The largest absolute Gasteiger partial charge is 0.465 e. The van der Waals surface area contributed by atoms with E-state index in [-0.39, 0.29) is 0 Å². The van der Waals surface area contributed by atoms with Crippen molar-refractivity contribution in [3.05, 3.63) is 29.8 Å². The number of morpholine rings is 1. The second-order valence-corrected chi connectivity index (χ2v) is 4.44. The SMILES string of the molecule is CC1COCCN1c1ccc(CNC(=O)O)cc1. The zero-order valence-electron chi connectivity index (χ0n) is 10.4. The molecule has 1 aliphatic heterocycles. The van der Waals surface area contributed by atoms with E-state index in [1.165, 1.54) is 0 Å². The molecule has 1 atom stereocenters. The predicted molar refractivity (Wildman–Crippen MR) is 68.9 cm³/mol. The van der Waals surface area contributed by atoms with Crippen LogP contribution in [0.1, 0.15) is 12.5 Å². The molecule has 1 aliphatic rings. The number of nitrogens with zero attached hydrogens (tertiary/aromatic N) is 1. The summed E-state index contributed by atoms with van der Waals surface area (Å²) in [5.41, 5.74) is 2.12. The highest BCUT2D eigenvalue weighted by molar-refractivity contribution is 5.64. The van der Waals surface area contributed by atoms with Gasteiger partial charge >= 0.3 is 6.09 Å². The molecule has 1 fully saturated rings. The third kappa shape index (κ3) is 3.13. The second kappa shape index (κ2) is 5.73. The van der Waals surface area contributed by atoms with Crippen LogP contribution in [0.4, 0.5) is 10.5 Å². The molecule has 1 heterocycles. The molecule has 1 aromatic rings. The van der Waals surface area contributed by atoms with Crippen LogP contribution in [0.3, 0.4) is 0 Å². The normalized spacial score (nSPS) is 19.6. The van der Waals surface area contributed by atoms with E-state index < -0.39 is 6.09 Å². The minimum Gasteiger partial charge on any atom is -0.465 e. The summed E-state index contributed by atoms with van der Waals surface area (Å²) < 4.78 is 5.41. The Morgan fingerprint density at radius 1 is 1.50 bits per heavy atom. The average molecular weight is 250 g/mol. The van der Waals surface area contributed by atoms with Gasteiger partial charge in [-0.15, -0.1) is 0 Å². The molecule has 2 rings (SSSR count). The molecule has 1 saturated heterocycles. The Labute approximate surface area is 106 Å². The summed E-state index contributed by atoms with van der Waals surface area (Å²) in [5.74, 6) is 0. The van der Waals surface area contributed by atoms with E-state index in [1.54, 1.807) is 0 Å². The summed E-state index contributed by atoms with van der Waals surface area (Å²) >= 11 is 0. The van der Waals surface area contributed by atoms with Gasteiger partial charge in [-0.3, -0.25) is 0 Å². The Morgan fingerprint density at radius 2 is 2.22 bits per heavy atom. The minimum atomic E-state index is -0.999. The van der Waals surface area contributed by atoms with E-state index in [2.05, 4.69) is 17.1 Å². The summed E-state index contributed by atoms with van der Waals surface area (Å²) in [5, 5.41) is 10.9. The van der Waals surface area contributed by atoms with Gasteiger partial charge in [0.15, 0.2) is 0 Å². The van der Waals surface area contributed by atoms with Crippen LogP contribution in [-0.2, 0) is 11.3 Å². The lowest BCUT2D eigenvalue weighted by molar-refractivity contribution is 0.0989. The van der Waals surface area contributed by atoms with Gasteiger partial charge in [-0.1, -0.05) is 12.1 Å². The van der Waals surface area contributed by atoms with Gasteiger partial charge in [-0.05, 0) is 24.6 Å². The van der Waals surface area contributed by atoms with Gasteiger partial charge in [0.2, 0.25) is 0 Å². The number of hydrogen-bond donors (Lipinski definition) is 2. The summed E-state index contributed by atoms with van der Waals surface area (Å²) in [6.45, 7) is 4.89. The van der Waals surface area contributed by atoms with Crippen LogP contribution in [0.15, 0.2) is 24.3 Å².